The van der Waals surface area contributed by atoms with Crippen LogP contribution in [-0.2, 0) is 11.3 Å². The molecule has 1 aliphatic heterocycles. The maximum Gasteiger partial charge on any atom is 0.261 e. The van der Waals surface area contributed by atoms with Crippen molar-refractivity contribution >= 4 is 28.8 Å². The molecule has 2 aromatic heterocycles. The maximum atomic E-state index is 12.6. The second-order valence-corrected chi connectivity index (χ2v) is 7.60. The minimum absolute atomic E-state index is 0.209. The van der Waals surface area contributed by atoms with E-state index in [0.717, 1.165) is 27.8 Å². The van der Waals surface area contributed by atoms with Crippen LogP contribution in [0.2, 0.25) is 0 Å². The van der Waals surface area contributed by atoms with Crippen molar-refractivity contribution in [3.63, 3.8) is 0 Å². The Bertz CT molecular complexity index is 1320. The molecule has 2 amide bonds. The molecule has 6 heteroatoms. The molecule has 0 fully saturated rings. The SMILES string of the molecule is COCc1ccc2c(c1)c(/C=C\CN1C(=O)c3ccccc3C1=O)cn2-c1ccccn1. The van der Waals surface area contributed by atoms with Gasteiger partial charge in [-0.25, -0.2) is 4.98 Å². The Morgan fingerprint density at radius 1 is 0.969 bits per heavy atom. The van der Waals surface area contributed by atoms with Crippen LogP contribution in [0, 0.1) is 0 Å². The third-order valence-corrected chi connectivity index (χ3v) is 5.57. The van der Waals surface area contributed by atoms with E-state index in [1.54, 1.807) is 37.6 Å². The average Bonchev–Trinajstić information content (AvgIpc) is 3.30. The second-order valence-electron chi connectivity index (χ2n) is 7.60. The summed E-state index contributed by atoms with van der Waals surface area (Å²) in [6, 6.07) is 18.9. The van der Waals surface area contributed by atoms with Crippen LogP contribution in [0.3, 0.4) is 0 Å². The van der Waals surface area contributed by atoms with Crippen LogP contribution in [0.4, 0.5) is 0 Å². The van der Waals surface area contributed by atoms with Gasteiger partial charge in [-0.15, -0.1) is 0 Å². The van der Waals surface area contributed by atoms with E-state index in [0.29, 0.717) is 17.7 Å². The quantitative estimate of drug-likeness (QED) is 0.429. The fourth-order valence-electron chi connectivity index (χ4n) is 4.07. The molecule has 0 bridgehead atoms. The lowest BCUT2D eigenvalue weighted by Gasteiger charge is -2.10. The van der Waals surface area contributed by atoms with Crippen molar-refractivity contribution in [2.45, 2.75) is 6.61 Å². The van der Waals surface area contributed by atoms with Crippen molar-refractivity contribution in [1.82, 2.24) is 14.5 Å². The van der Waals surface area contributed by atoms with E-state index in [9.17, 15) is 9.59 Å². The monoisotopic (exact) mass is 423 g/mol. The summed E-state index contributed by atoms with van der Waals surface area (Å²) in [5.41, 5.74) is 3.97. The third-order valence-electron chi connectivity index (χ3n) is 5.57. The molecule has 3 heterocycles. The molecule has 0 N–H and O–H groups in total. The van der Waals surface area contributed by atoms with E-state index in [1.165, 1.54) is 4.90 Å². The zero-order valence-electron chi connectivity index (χ0n) is 17.6. The number of nitrogens with zero attached hydrogens (tertiary/aromatic N) is 3. The van der Waals surface area contributed by atoms with E-state index in [4.69, 9.17) is 4.74 Å². The Kier molecular flexibility index (Phi) is 5.13. The fraction of sp³-hybridized carbons (Fsp3) is 0.115. The number of carbonyl (C=O) groups excluding carboxylic acids is 2. The number of hydrogen-bond acceptors (Lipinski definition) is 4. The van der Waals surface area contributed by atoms with Gasteiger partial charge in [-0.05, 0) is 42.0 Å². The standard InChI is InChI=1S/C26H21N3O3/c1-32-17-18-11-12-23-22(15-18)19(16-29(23)24-10-4-5-13-27-24)7-6-14-28-25(30)20-8-2-3-9-21(20)26(28)31/h2-13,15-16H,14,17H2,1H3/b7-6-. The van der Waals surface area contributed by atoms with Gasteiger partial charge in [0.15, 0.2) is 0 Å². The summed E-state index contributed by atoms with van der Waals surface area (Å²) in [6.45, 7) is 0.725. The van der Waals surface area contributed by atoms with Gasteiger partial charge in [0.05, 0.1) is 23.3 Å². The normalized spacial score (nSPS) is 13.5. The maximum absolute atomic E-state index is 12.6. The number of imide groups is 1. The van der Waals surface area contributed by atoms with Crippen LogP contribution >= 0.6 is 0 Å². The molecule has 5 rings (SSSR count). The Morgan fingerprint density at radius 3 is 2.41 bits per heavy atom. The zero-order chi connectivity index (χ0) is 22.1. The molecule has 2 aromatic carbocycles. The first-order chi connectivity index (χ1) is 15.7. The summed E-state index contributed by atoms with van der Waals surface area (Å²) in [5.74, 6) is 0.305. The number of pyridine rings is 1. The predicted octanol–water partition coefficient (Wildman–Crippen LogP) is 4.48. The van der Waals surface area contributed by atoms with Crippen molar-refractivity contribution in [2.24, 2.45) is 0 Å². The van der Waals surface area contributed by atoms with Gasteiger partial charge in [-0.3, -0.25) is 14.5 Å². The highest BCUT2D eigenvalue weighted by molar-refractivity contribution is 6.21. The van der Waals surface area contributed by atoms with Crippen molar-refractivity contribution < 1.29 is 14.3 Å². The number of aromatic nitrogens is 2. The molecular weight excluding hydrogens is 402 g/mol. The summed E-state index contributed by atoms with van der Waals surface area (Å²) < 4.78 is 7.33. The van der Waals surface area contributed by atoms with Gasteiger partial charge in [-0.2, -0.15) is 0 Å². The van der Waals surface area contributed by atoms with E-state index in [2.05, 4.69) is 17.1 Å². The summed E-state index contributed by atoms with van der Waals surface area (Å²) >= 11 is 0. The molecule has 0 radical (unpaired) electrons. The van der Waals surface area contributed by atoms with Crippen LogP contribution < -0.4 is 0 Å². The highest BCUT2D eigenvalue weighted by Gasteiger charge is 2.34. The summed E-state index contributed by atoms with van der Waals surface area (Å²) in [6.07, 6.45) is 7.57. The average molecular weight is 423 g/mol. The highest BCUT2D eigenvalue weighted by Crippen LogP contribution is 2.27. The molecule has 0 atom stereocenters. The predicted molar refractivity (Wildman–Crippen MR) is 123 cm³/mol. The van der Waals surface area contributed by atoms with E-state index in [1.807, 2.05) is 47.2 Å². The van der Waals surface area contributed by atoms with Crippen LogP contribution in [0.5, 0.6) is 0 Å². The van der Waals surface area contributed by atoms with Crippen LogP contribution in [-0.4, -0.2) is 39.9 Å². The topological polar surface area (TPSA) is 64.4 Å². The van der Waals surface area contributed by atoms with Crippen molar-refractivity contribution in [3.05, 3.63) is 101 Å². The summed E-state index contributed by atoms with van der Waals surface area (Å²) in [5, 5.41) is 1.05. The van der Waals surface area contributed by atoms with E-state index in [-0.39, 0.29) is 18.4 Å². The van der Waals surface area contributed by atoms with Gasteiger partial charge in [0.25, 0.3) is 11.8 Å². The van der Waals surface area contributed by atoms with Gasteiger partial charge >= 0.3 is 0 Å². The van der Waals surface area contributed by atoms with Crippen LogP contribution in [0.1, 0.15) is 31.8 Å². The Labute approximate surface area is 185 Å². The van der Waals surface area contributed by atoms with E-state index < -0.39 is 0 Å². The van der Waals surface area contributed by atoms with Gasteiger partial charge in [0.2, 0.25) is 0 Å². The number of benzene rings is 2. The van der Waals surface area contributed by atoms with Gasteiger partial charge in [-0.1, -0.05) is 36.4 Å². The van der Waals surface area contributed by atoms with Crippen molar-refractivity contribution in [2.75, 3.05) is 13.7 Å². The molecular formula is C26H21N3O3. The van der Waals surface area contributed by atoms with Crippen molar-refractivity contribution in [3.8, 4) is 5.82 Å². The lowest BCUT2D eigenvalue weighted by molar-refractivity contribution is 0.0672. The van der Waals surface area contributed by atoms with Gasteiger partial charge in [0.1, 0.15) is 5.82 Å². The minimum Gasteiger partial charge on any atom is -0.380 e. The summed E-state index contributed by atoms with van der Waals surface area (Å²) in [7, 11) is 1.67. The van der Waals surface area contributed by atoms with Gasteiger partial charge in [0, 0.05) is 37.0 Å². The number of ether oxygens (including phenoxy) is 1. The lowest BCUT2D eigenvalue weighted by Crippen LogP contribution is -2.29. The van der Waals surface area contributed by atoms with E-state index >= 15 is 0 Å². The lowest BCUT2D eigenvalue weighted by atomic mass is 10.1. The van der Waals surface area contributed by atoms with Gasteiger partial charge < -0.3 is 9.30 Å². The smallest absolute Gasteiger partial charge is 0.261 e. The van der Waals surface area contributed by atoms with Crippen LogP contribution in [0.25, 0.3) is 22.8 Å². The number of carbonyl (C=O) groups is 2. The van der Waals surface area contributed by atoms with Crippen LogP contribution in [0.15, 0.2) is 79.1 Å². The Morgan fingerprint density at radius 2 is 1.72 bits per heavy atom. The number of hydrogen-bond donors (Lipinski definition) is 0. The molecule has 0 unspecified atom stereocenters. The highest BCUT2D eigenvalue weighted by atomic mass is 16.5. The largest absolute Gasteiger partial charge is 0.380 e. The molecule has 6 nitrogen and oxygen atoms in total. The first-order valence-corrected chi connectivity index (χ1v) is 10.3. The molecule has 4 aromatic rings. The fourth-order valence-corrected chi connectivity index (χ4v) is 4.07. The number of methoxy groups -OCH3 is 1. The number of fused-ring (bicyclic) bond motifs is 2. The molecule has 0 saturated carbocycles. The zero-order valence-corrected chi connectivity index (χ0v) is 17.6. The molecule has 158 valence electrons. The minimum atomic E-state index is -0.256. The summed E-state index contributed by atoms with van der Waals surface area (Å²) in [4.78, 5) is 31.0. The molecule has 0 saturated heterocycles. The molecule has 0 aliphatic carbocycles. The third kappa shape index (κ3) is 3.40. The first-order valence-electron chi connectivity index (χ1n) is 10.3. The Balaban J connectivity index is 1.48. The first kappa shape index (κ1) is 19.9. The molecule has 32 heavy (non-hydrogen) atoms. The Hall–Kier alpha value is -4.03. The number of rotatable bonds is 6. The molecule has 1 aliphatic rings. The molecule has 0 spiro atoms. The second kappa shape index (κ2) is 8.24. The number of amides is 2. The van der Waals surface area contributed by atoms with Crippen molar-refractivity contribution in [1.29, 1.82) is 0 Å².